The second-order valence-corrected chi connectivity index (χ2v) is 7.28. The molecular formula is C19H17N3O4S. The summed E-state index contributed by atoms with van der Waals surface area (Å²) in [4.78, 5) is 18.7. The molecule has 0 N–H and O–H groups in total. The van der Waals surface area contributed by atoms with Gasteiger partial charge in [0.05, 0.1) is 23.0 Å². The van der Waals surface area contributed by atoms with Crippen LogP contribution < -0.4 is 4.65 Å². The molecule has 138 valence electrons. The number of thiazole rings is 1. The van der Waals surface area contributed by atoms with E-state index in [2.05, 4.69) is 10.9 Å². The lowest BCUT2D eigenvalue weighted by atomic mass is 10.3. The summed E-state index contributed by atoms with van der Waals surface area (Å²) in [7, 11) is 0. The maximum atomic E-state index is 13.8. The maximum Gasteiger partial charge on any atom is 0.378 e. The van der Waals surface area contributed by atoms with E-state index in [4.69, 9.17) is 15.6 Å². The van der Waals surface area contributed by atoms with Gasteiger partial charge in [-0.2, -0.15) is 4.98 Å². The molecule has 2 atom stereocenters. The largest absolute Gasteiger partial charge is 0.622 e. The lowest BCUT2D eigenvalue weighted by Gasteiger charge is -2.38. The fourth-order valence-electron chi connectivity index (χ4n) is 3.09. The number of para-hydroxylation sites is 1. The third-order valence-electron chi connectivity index (χ3n) is 4.43. The van der Waals surface area contributed by atoms with Gasteiger partial charge in [-0.3, -0.25) is 4.65 Å². The number of nitrogens with zero attached hydrogens (tertiary/aromatic N) is 3. The third-order valence-corrected chi connectivity index (χ3v) is 5.58. The lowest BCUT2D eigenvalue weighted by molar-refractivity contribution is 0.00252. The minimum absolute atomic E-state index is 0.0629. The SMILES string of the molecule is C#CCCN1CC(OC(=O)c2ccco2)[N+]([O-])(c2nc3ccccc3s2)C1. The van der Waals surface area contributed by atoms with E-state index in [0.717, 1.165) is 10.2 Å². The van der Waals surface area contributed by atoms with Gasteiger partial charge in [0.2, 0.25) is 5.76 Å². The molecule has 3 heterocycles. The Hall–Kier alpha value is -2.70. The number of aromatic nitrogens is 1. The number of quaternary nitrogens is 1. The van der Waals surface area contributed by atoms with Crippen LogP contribution in [0.3, 0.4) is 0 Å². The summed E-state index contributed by atoms with van der Waals surface area (Å²) in [5.74, 6) is 1.97. The summed E-state index contributed by atoms with van der Waals surface area (Å²) in [5, 5.41) is 14.1. The van der Waals surface area contributed by atoms with Crippen LogP contribution in [-0.2, 0) is 4.74 Å². The Bertz CT molecular complexity index is 961. The Balaban J connectivity index is 1.65. The van der Waals surface area contributed by atoms with Crippen molar-refractivity contribution < 1.29 is 13.9 Å². The fourth-order valence-corrected chi connectivity index (χ4v) is 4.12. The monoisotopic (exact) mass is 383 g/mol. The van der Waals surface area contributed by atoms with E-state index < -0.39 is 16.8 Å². The first-order valence-corrected chi connectivity index (χ1v) is 9.27. The molecule has 8 heteroatoms. The molecule has 0 saturated carbocycles. The molecule has 2 aromatic heterocycles. The number of benzene rings is 1. The minimum Gasteiger partial charge on any atom is -0.622 e. The van der Waals surface area contributed by atoms with Gasteiger partial charge in [-0.25, -0.2) is 9.69 Å². The van der Waals surface area contributed by atoms with Crippen LogP contribution in [0.1, 0.15) is 17.0 Å². The number of esters is 1. The predicted octanol–water partition coefficient (Wildman–Crippen LogP) is 3.17. The zero-order valence-corrected chi connectivity index (χ0v) is 15.2. The van der Waals surface area contributed by atoms with Crippen LogP contribution in [0.25, 0.3) is 10.2 Å². The minimum atomic E-state index is -0.944. The molecule has 1 aliphatic rings. The van der Waals surface area contributed by atoms with Crippen LogP contribution in [0.15, 0.2) is 47.1 Å². The number of hydrogen-bond acceptors (Lipinski definition) is 7. The highest BCUT2D eigenvalue weighted by molar-refractivity contribution is 7.22. The number of rotatable bonds is 5. The van der Waals surface area contributed by atoms with Crippen molar-refractivity contribution in [1.82, 2.24) is 14.5 Å². The van der Waals surface area contributed by atoms with Crippen LogP contribution in [0, 0.1) is 17.6 Å². The molecule has 4 rings (SSSR count). The average molecular weight is 383 g/mol. The molecule has 7 nitrogen and oxygen atoms in total. The average Bonchev–Trinajstić information content (AvgIpc) is 3.39. The molecule has 1 fully saturated rings. The number of terminal acetylenes is 1. The summed E-state index contributed by atoms with van der Waals surface area (Å²) < 4.78 is 10.7. The van der Waals surface area contributed by atoms with Crippen LogP contribution >= 0.6 is 11.3 Å². The number of carbonyl (C=O) groups excluding carboxylic acids is 1. The molecule has 1 aromatic carbocycles. The first-order chi connectivity index (χ1) is 13.1. The van der Waals surface area contributed by atoms with E-state index in [1.807, 2.05) is 29.2 Å². The summed E-state index contributed by atoms with van der Waals surface area (Å²) in [6.45, 7) is 0.962. The van der Waals surface area contributed by atoms with E-state index in [9.17, 15) is 10.0 Å². The van der Waals surface area contributed by atoms with E-state index in [-0.39, 0.29) is 19.0 Å². The van der Waals surface area contributed by atoms with Gasteiger partial charge in [-0.05, 0) is 24.3 Å². The van der Waals surface area contributed by atoms with Crippen molar-refractivity contribution in [3.8, 4) is 12.3 Å². The number of ether oxygens (including phenoxy) is 1. The van der Waals surface area contributed by atoms with Gasteiger partial charge in [0.1, 0.15) is 6.67 Å². The first kappa shape index (κ1) is 17.7. The number of hydroxylamine groups is 2. The molecular weight excluding hydrogens is 366 g/mol. The van der Waals surface area contributed by atoms with Crippen molar-refractivity contribution in [1.29, 1.82) is 0 Å². The smallest absolute Gasteiger partial charge is 0.378 e. The Labute approximate surface area is 159 Å². The van der Waals surface area contributed by atoms with Gasteiger partial charge < -0.3 is 14.4 Å². The van der Waals surface area contributed by atoms with Crippen LogP contribution in [0.5, 0.6) is 0 Å². The highest BCUT2D eigenvalue weighted by Crippen LogP contribution is 2.38. The summed E-state index contributed by atoms with van der Waals surface area (Å²) in [6, 6.07) is 10.6. The van der Waals surface area contributed by atoms with Crippen molar-refractivity contribution in [3.05, 3.63) is 53.6 Å². The summed E-state index contributed by atoms with van der Waals surface area (Å²) >= 11 is 1.31. The zero-order valence-electron chi connectivity index (χ0n) is 14.4. The van der Waals surface area contributed by atoms with E-state index >= 15 is 0 Å². The highest BCUT2D eigenvalue weighted by atomic mass is 32.1. The van der Waals surface area contributed by atoms with Gasteiger partial charge in [0.25, 0.3) is 11.4 Å². The fraction of sp³-hybridized carbons (Fsp3) is 0.263. The van der Waals surface area contributed by atoms with Crippen LogP contribution in [-0.4, -0.2) is 41.8 Å². The number of furan rings is 1. The Morgan fingerprint density at radius 3 is 3.04 bits per heavy atom. The van der Waals surface area contributed by atoms with Crippen molar-refractivity contribution >= 4 is 32.7 Å². The van der Waals surface area contributed by atoms with Crippen molar-refractivity contribution in [2.24, 2.45) is 0 Å². The molecule has 0 spiro atoms. The van der Waals surface area contributed by atoms with Crippen LogP contribution in [0.2, 0.25) is 0 Å². The number of hydrogen-bond donors (Lipinski definition) is 0. The summed E-state index contributed by atoms with van der Waals surface area (Å²) in [6.07, 6.45) is 6.30. The Morgan fingerprint density at radius 2 is 2.30 bits per heavy atom. The van der Waals surface area contributed by atoms with Crippen LogP contribution in [0.4, 0.5) is 5.13 Å². The van der Waals surface area contributed by atoms with Gasteiger partial charge in [-0.15, -0.1) is 12.3 Å². The number of fused-ring (bicyclic) bond motifs is 1. The lowest BCUT2D eigenvalue weighted by Crippen LogP contribution is -2.50. The Morgan fingerprint density at radius 1 is 1.44 bits per heavy atom. The third kappa shape index (κ3) is 3.34. The highest BCUT2D eigenvalue weighted by Gasteiger charge is 2.46. The van der Waals surface area contributed by atoms with Crippen molar-refractivity contribution in [2.75, 3.05) is 19.8 Å². The van der Waals surface area contributed by atoms with Gasteiger partial charge in [0, 0.05) is 13.0 Å². The van der Waals surface area contributed by atoms with Crippen molar-refractivity contribution in [3.63, 3.8) is 0 Å². The molecule has 1 aliphatic heterocycles. The Kier molecular flexibility index (Phi) is 4.68. The molecule has 0 amide bonds. The summed E-state index contributed by atoms with van der Waals surface area (Å²) in [5.41, 5.74) is 0.754. The van der Waals surface area contributed by atoms with Crippen molar-refractivity contribution in [2.45, 2.75) is 12.6 Å². The molecule has 2 unspecified atom stereocenters. The number of carbonyl (C=O) groups is 1. The van der Waals surface area contributed by atoms with Gasteiger partial charge >= 0.3 is 5.97 Å². The predicted molar refractivity (Wildman–Crippen MR) is 103 cm³/mol. The van der Waals surface area contributed by atoms with E-state index in [0.29, 0.717) is 18.1 Å². The second kappa shape index (κ2) is 7.13. The molecule has 0 radical (unpaired) electrons. The maximum absolute atomic E-state index is 13.8. The quantitative estimate of drug-likeness (QED) is 0.291. The second-order valence-electron chi connectivity index (χ2n) is 6.27. The normalized spacial score (nSPS) is 22.7. The molecule has 1 saturated heterocycles. The standard InChI is InChI=1S/C19H17N3O4S/c1-2-3-10-21-12-17(26-18(23)15-8-6-11-25-15)22(24,13-21)19-20-14-7-4-5-9-16(14)27-19/h1,4-9,11,17H,3,10,12-13H2. The molecule has 0 bridgehead atoms. The first-order valence-electron chi connectivity index (χ1n) is 8.45. The molecule has 3 aromatic rings. The molecule has 27 heavy (non-hydrogen) atoms. The zero-order chi connectivity index (χ0) is 18.9. The molecule has 0 aliphatic carbocycles. The van der Waals surface area contributed by atoms with E-state index in [1.165, 1.54) is 23.7 Å². The van der Waals surface area contributed by atoms with Gasteiger partial charge in [-0.1, -0.05) is 23.5 Å². The topological polar surface area (TPSA) is 78.6 Å². The van der Waals surface area contributed by atoms with E-state index in [1.54, 1.807) is 6.07 Å². The van der Waals surface area contributed by atoms with Gasteiger partial charge in [0.15, 0.2) is 0 Å².